The lowest BCUT2D eigenvalue weighted by atomic mass is 9.81. The minimum atomic E-state index is -1.53. The second-order valence-electron chi connectivity index (χ2n) is 4.29. The van der Waals surface area contributed by atoms with Crippen molar-refractivity contribution in [3.8, 4) is 0 Å². The number of carboxylic acid groups (broad SMARTS) is 1. The fraction of sp³-hybridized carbons (Fsp3) is 0.900. The van der Waals surface area contributed by atoms with E-state index in [1.54, 1.807) is 0 Å². The Labute approximate surface area is 78.8 Å². The van der Waals surface area contributed by atoms with Gasteiger partial charge in [0.15, 0.2) is 5.60 Å². The van der Waals surface area contributed by atoms with Gasteiger partial charge in [0.25, 0.3) is 0 Å². The van der Waals surface area contributed by atoms with E-state index in [9.17, 15) is 9.90 Å². The summed E-state index contributed by atoms with van der Waals surface area (Å²) in [6.45, 7) is 1.39. The van der Waals surface area contributed by atoms with Crippen LogP contribution in [0.2, 0.25) is 0 Å². The van der Waals surface area contributed by atoms with E-state index in [1.807, 2.05) is 0 Å². The van der Waals surface area contributed by atoms with Gasteiger partial charge in [-0.3, -0.25) is 0 Å². The Balaban J connectivity index is 2.41. The fourth-order valence-electron chi connectivity index (χ4n) is 2.04. The first kappa shape index (κ1) is 10.5. The molecule has 0 saturated heterocycles. The highest BCUT2D eigenvalue weighted by molar-refractivity contribution is 5.76. The van der Waals surface area contributed by atoms with Crippen LogP contribution < -0.4 is 0 Å². The zero-order valence-electron chi connectivity index (χ0n) is 8.12. The third kappa shape index (κ3) is 2.99. The van der Waals surface area contributed by atoms with Crippen molar-refractivity contribution in [3.05, 3.63) is 0 Å². The van der Waals surface area contributed by atoms with Crippen LogP contribution in [0.15, 0.2) is 0 Å². The van der Waals surface area contributed by atoms with Crippen molar-refractivity contribution in [2.45, 2.75) is 51.0 Å². The zero-order chi connectivity index (χ0) is 9.90. The average Bonchev–Trinajstić information content (AvgIpc) is 2.05. The molecular weight excluding hydrogens is 168 g/mol. The van der Waals surface area contributed by atoms with E-state index in [0.717, 1.165) is 12.8 Å². The van der Waals surface area contributed by atoms with Crippen molar-refractivity contribution >= 4 is 5.97 Å². The van der Waals surface area contributed by atoms with Gasteiger partial charge in [-0.05, 0) is 19.3 Å². The van der Waals surface area contributed by atoms with Gasteiger partial charge >= 0.3 is 5.97 Å². The van der Waals surface area contributed by atoms with Crippen LogP contribution in [-0.4, -0.2) is 21.8 Å². The monoisotopic (exact) mass is 186 g/mol. The van der Waals surface area contributed by atoms with Crippen molar-refractivity contribution in [3.63, 3.8) is 0 Å². The number of carbonyl (C=O) groups is 1. The molecule has 1 unspecified atom stereocenters. The van der Waals surface area contributed by atoms with Crippen molar-refractivity contribution in [1.29, 1.82) is 0 Å². The summed E-state index contributed by atoms with van der Waals surface area (Å²) in [5.41, 5.74) is -1.53. The molecule has 1 aliphatic carbocycles. The van der Waals surface area contributed by atoms with Gasteiger partial charge in [0.1, 0.15) is 0 Å². The third-order valence-corrected chi connectivity index (χ3v) is 2.87. The quantitative estimate of drug-likeness (QED) is 0.706. The molecule has 0 bridgehead atoms. The van der Waals surface area contributed by atoms with Crippen LogP contribution in [0.25, 0.3) is 0 Å². The van der Waals surface area contributed by atoms with Gasteiger partial charge in [-0.1, -0.05) is 32.1 Å². The summed E-state index contributed by atoms with van der Waals surface area (Å²) in [5.74, 6) is -0.696. The van der Waals surface area contributed by atoms with Crippen LogP contribution in [0.4, 0.5) is 0 Å². The summed E-state index contributed by atoms with van der Waals surface area (Å²) in [7, 11) is 0. The Kier molecular flexibility index (Phi) is 3.31. The van der Waals surface area contributed by atoms with Crippen LogP contribution in [0.3, 0.4) is 0 Å². The zero-order valence-corrected chi connectivity index (χ0v) is 8.12. The average molecular weight is 186 g/mol. The molecule has 1 fully saturated rings. The van der Waals surface area contributed by atoms with Gasteiger partial charge in [0, 0.05) is 0 Å². The van der Waals surface area contributed by atoms with E-state index in [1.165, 1.54) is 26.2 Å². The van der Waals surface area contributed by atoms with Gasteiger partial charge in [-0.15, -0.1) is 0 Å². The molecule has 0 aromatic carbocycles. The predicted octanol–water partition coefficient (Wildman–Crippen LogP) is 1.79. The molecule has 2 N–H and O–H groups in total. The summed E-state index contributed by atoms with van der Waals surface area (Å²) in [5, 5.41) is 18.3. The van der Waals surface area contributed by atoms with Crippen LogP contribution in [0.5, 0.6) is 0 Å². The molecule has 0 aromatic heterocycles. The van der Waals surface area contributed by atoms with Gasteiger partial charge < -0.3 is 10.2 Å². The lowest BCUT2D eigenvalue weighted by molar-refractivity contribution is -0.158. The highest BCUT2D eigenvalue weighted by Gasteiger charge is 2.33. The number of hydrogen-bond donors (Lipinski definition) is 2. The van der Waals surface area contributed by atoms with Gasteiger partial charge in [-0.25, -0.2) is 4.79 Å². The molecule has 1 saturated carbocycles. The molecule has 0 spiro atoms. The van der Waals surface area contributed by atoms with E-state index in [-0.39, 0.29) is 0 Å². The normalized spacial score (nSPS) is 23.8. The largest absolute Gasteiger partial charge is 0.479 e. The molecule has 13 heavy (non-hydrogen) atoms. The minimum absolute atomic E-state index is 0.403. The smallest absolute Gasteiger partial charge is 0.335 e. The van der Waals surface area contributed by atoms with E-state index >= 15 is 0 Å². The number of aliphatic carboxylic acids is 1. The fourth-order valence-corrected chi connectivity index (χ4v) is 2.04. The first-order chi connectivity index (χ1) is 6.02. The Morgan fingerprint density at radius 3 is 2.38 bits per heavy atom. The topological polar surface area (TPSA) is 57.5 Å². The summed E-state index contributed by atoms with van der Waals surface area (Å²) >= 11 is 0. The first-order valence-corrected chi connectivity index (χ1v) is 4.98. The van der Waals surface area contributed by atoms with Crippen LogP contribution >= 0.6 is 0 Å². The molecule has 0 amide bonds. The van der Waals surface area contributed by atoms with Crippen LogP contribution in [0, 0.1) is 5.92 Å². The van der Waals surface area contributed by atoms with Gasteiger partial charge in [0.05, 0.1) is 0 Å². The Hall–Kier alpha value is -0.570. The van der Waals surface area contributed by atoms with E-state index < -0.39 is 11.6 Å². The van der Waals surface area contributed by atoms with Crippen molar-refractivity contribution in [2.24, 2.45) is 5.92 Å². The molecule has 0 aromatic rings. The molecule has 3 heteroatoms. The van der Waals surface area contributed by atoms with Gasteiger partial charge in [0.2, 0.25) is 0 Å². The maximum Gasteiger partial charge on any atom is 0.335 e. The predicted molar refractivity (Wildman–Crippen MR) is 49.5 cm³/mol. The number of hydrogen-bond acceptors (Lipinski definition) is 2. The second kappa shape index (κ2) is 4.09. The molecule has 1 rings (SSSR count). The van der Waals surface area contributed by atoms with E-state index in [2.05, 4.69) is 0 Å². The summed E-state index contributed by atoms with van der Waals surface area (Å²) < 4.78 is 0. The second-order valence-corrected chi connectivity index (χ2v) is 4.29. The molecule has 1 atom stereocenters. The Morgan fingerprint density at radius 2 is 1.92 bits per heavy atom. The molecule has 76 valence electrons. The molecule has 0 radical (unpaired) electrons. The SMILES string of the molecule is CC(O)(CC1CCCCC1)C(=O)O. The van der Waals surface area contributed by atoms with Gasteiger partial charge in [-0.2, -0.15) is 0 Å². The number of carboxylic acids is 1. The van der Waals surface area contributed by atoms with E-state index in [0.29, 0.717) is 12.3 Å². The van der Waals surface area contributed by atoms with Crippen LogP contribution in [0.1, 0.15) is 45.4 Å². The third-order valence-electron chi connectivity index (χ3n) is 2.87. The standard InChI is InChI=1S/C10H18O3/c1-10(13,9(11)12)7-8-5-3-2-4-6-8/h8,13H,2-7H2,1H3,(H,11,12). The maximum atomic E-state index is 10.6. The highest BCUT2D eigenvalue weighted by Crippen LogP contribution is 2.30. The molecule has 3 nitrogen and oxygen atoms in total. The van der Waals surface area contributed by atoms with Crippen molar-refractivity contribution in [1.82, 2.24) is 0 Å². The minimum Gasteiger partial charge on any atom is -0.479 e. The summed E-state index contributed by atoms with van der Waals surface area (Å²) in [6.07, 6.45) is 6.17. The molecule has 0 aliphatic heterocycles. The first-order valence-electron chi connectivity index (χ1n) is 4.98. The number of rotatable bonds is 3. The number of aliphatic hydroxyl groups is 1. The van der Waals surface area contributed by atoms with Crippen molar-refractivity contribution < 1.29 is 15.0 Å². The highest BCUT2D eigenvalue weighted by atomic mass is 16.4. The van der Waals surface area contributed by atoms with E-state index in [4.69, 9.17) is 5.11 Å². The summed E-state index contributed by atoms with van der Waals surface area (Å²) in [6, 6.07) is 0. The van der Waals surface area contributed by atoms with Crippen LogP contribution in [-0.2, 0) is 4.79 Å². The molecule has 0 heterocycles. The maximum absolute atomic E-state index is 10.6. The van der Waals surface area contributed by atoms with Crippen molar-refractivity contribution in [2.75, 3.05) is 0 Å². The lowest BCUT2D eigenvalue weighted by Crippen LogP contribution is -2.37. The molecule has 1 aliphatic rings. The summed E-state index contributed by atoms with van der Waals surface area (Å²) in [4.78, 5) is 10.6. The molecular formula is C10H18O3. The Bertz CT molecular complexity index is 181. The Morgan fingerprint density at radius 1 is 1.38 bits per heavy atom. The lowest BCUT2D eigenvalue weighted by Gasteiger charge is -2.27.